The smallest absolute Gasteiger partial charge is 0.253 e. The maximum Gasteiger partial charge on any atom is 0.253 e. The number of nitrogens with one attached hydrogen (secondary N) is 1. The van der Waals surface area contributed by atoms with E-state index >= 15 is 0 Å². The molecule has 1 aliphatic rings. The maximum atomic E-state index is 13.7. The number of hydrogen-bond donors (Lipinski definition) is 1. The van der Waals surface area contributed by atoms with Gasteiger partial charge >= 0.3 is 0 Å². The highest BCUT2D eigenvalue weighted by Gasteiger charge is 2.28. The number of piperidine rings is 1. The minimum atomic E-state index is -1.62. The molecule has 2 aromatic rings. The van der Waals surface area contributed by atoms with Gasteiger partial charge in [0.2, 0.25) is 5.91 Å². The molecule has 3 rings (SSSR count). The van der Waals surface area contributed by atoms with Gasteiger partial charge in [0, 0.05) is 24.6 Å². The Morgan fingerprint density at radius 1 is 0.964 bits per heavy atom. The molecule has 1 aliphatic heterocycles. The fourth-order valence-corrected chi connectivity index (χ4v) is 3.26. The molecule has 0 spiro atoms. The van der Waals surface area contributed by atoms with Gasteiger partial charge in [-0.25, -0.2) is 13.2 Å². The SMILES string of the molecule is Cc1ccc(C(=O)N2CCC(C(=O)Nc3ccc(F)c(F)c3F)CC2)cc1C. The molecule has 0 atom stereocenters. The number of carbonyl (C=O) groups excluding carboxylic acids is 2. The molecular formula is C21H21F3N2O2. The summed E-state index contributed by atoms with van der Waals surface area (Å²) in [5, 5.41) is 2.31. The van der Waals surface area contributed by atoms with Crippen LogP contribution in [0.5, 0.6) is 0 Å². The lowest BCUT2D eigenvalue weighted by atomic mass is 9.95. The Morgan fingerprint density at radius 3 is 2.29 bits per heavy atom. The van der Waals surface area contributed by atoms with Gasteiger partial charge in [-0.05, 0) is 62.1 Å². The number of halogens is 3. The molecule has 148 valence electrons. The summed E-state index contributed by atoms with van der Waals surface area (Å²) in [7, 11) is 0. The summed E-state index contributed by atoms with van der Waals surface area (Å²) in [6.45, 7) is 4.71. The van der Waals surface area contributed by atoms with Crippen molar-refractivity contribution in [3.8, 4) is 0 Å². The zero-order valence-electron chi connectivity index (χ0n) is 15.7. The Kier molecular flexibility index (Phi) is 5.72. The molecule has 4 nitrogen and oxygen atoms in total. The van der Waals surface area contributed by atoms with E-state index in [1.807, 2.05) is 26.0 Å². The van der Waals surface area contributed by atoms with Gasteiger partial charge in [-0.15, -0.1) is 0 Å². The third-order valence-corrected chi connectivity index (χ3v) is 5.20. The van der Waals surface area contributed by atoms with Crippen molar-refractivity contribution in [2.24, 2.45) is 5.92 Å². The monoisotopic (exact) mass is 390 g/mol. The van der Waals surface area contributed by atoms with E-state index in [9.17, 15) is 22.8 Å². The number of likely N-dealkylation sites (tertiary alicyclic amines) is 1. The first-order chi connectivity index (χ1) is 13.3. The van der Waals surface area contributed by atoms with E-state index in [-0.39, 0.29) is 5.91 Å². The highest BCUT2D eigenvalue weighted by Crippen LogP contribution is 2.24. The Hall–Kier alpha value is -2.83. The van der Waals surface area contributed by atoms with Crippen LogP contribution >= 0.6 is 0 Å². The van der Waals surface area contributed by atoms with E-state index in [0.29, 0.717) is 31.5 Å². The van der Waals surface area contributed by atoms with Gasteiger partial charge in [0.15, 0.2) is 17.5 Å². The van der Waals surface area contributed by atoms with Gasteiger partial charge in [-0.1, -0.05) is 6.07 Å². The van der Waals surface area contributed by atoms with Crippen LogP contribution in [0.15, 0.2) is 30.3 Å². The Morgan fingerprint density at radius 2 is 1.64 bits per heavy atom. The topological polar surface area (TPSA) is 49.4 Å². The molecule has 0 bridgehead atoms. The molecule has 0 aromatic heterocycles. The van der Waals surface area contributed by atoms with E-state index in [0.717, 1.165) is 23.3 Å². The van der Waals surface area contributed by atoms with E-state index in [2.05, 4.69) is 5.32 Å². The molecule has 1 saturated heterocycles. The second kappa shape index (κ2) is 8.04. The Balaban J connectivity index is 1.60. The van der Waals surface area contributed by atoms with Crippen LogP contribution in [0.25, 0.3) is 0 Å². The first-order valence-corrected chi connectivity index (χ1v) is 9.09. The first-order valence-electron chi connectivity index (χ1n) is 9.09. The van der Waals surface area contributed by atoms with E-state index in [1.165, 1.54) is 0 Å². The lowest BCUT2D eigenvalue weighted by Gasteiger charge is -2.31. The fraction of sp³-hybridized carbons (Fsp3) is 0.333. The average Bonchev–Trinajstić information content (AvgIpc) is 2.70. The zero-order chi connectivity index (χ0) is 20.4. The fourth-order valence-electron chi connectivity index (χ4n) is 3.26. The van der Waals surface area contributed by atoms with Gasteiger partial charge in [-0.2, -0.15) is 0 Å². The molecule has 1 fully saturated rings. The van der Waals surface area contributed by atoms with Crippen molar-refractivity contribution in [3.63, 3.8) is 0 Å². The third kappa shape index (κ3) is 4.03. The molecule has 1 heterocycles. The number of carbonyl (C=O) groups is 2. The first kappa shape index (κ1) is 19.9. The van der Waals surface area contributed by atoms with Crippen molar-refractivity contribution < 1.29 is 22.8 Å². The van der Waals surface area contributed by atoms with Crippen LogP contribution in [0, 0.1) is 37.2 Å². The van der Waals surface area contributed by atoms with Crippen LogP contribution in [-0.4, -0.2) is 29.8 Å². The van der Waals surface area contributed by atoms with Crippen LogP contribution < -0.4 is 5.32 Å². The van der Waals surface area contributed by atoms with Crippen molar-refractivity contribution in [1.82, 2.24) is 4.90 Å². The Labute approximate surface area is 161 Å². The quantitative estimate of drug-likeness (QED) is 0.798. The lowest BCUT2D eigenvalue weighted by molar-refractivity contribution is -0.121. The second-order valence-corrected chi connectivity index (χ2v) is 7.08. The summed E-state index contributed by atoms with van der Waals surface area (Å²) in [6.07, 6.45) is 0.821. The molecule has 1 N–H and O–H groups in total. The van der Waals surface area contributed by atoms with Crippen molar-refractivity contribution in [1.29, 1.82) is 0 Å². The van der Waals surface area contributed by atoms with E-state index in [4.69, 9.17) is 0 Å². The van der Waals surface area contributed by atoms with Crippen LogP contribution in [0.1, 0.15) is 34.3 Å². The molecule has 2 aromatic carbocycles. The van der Waals surface area contributed by atoms with E-state index < -0.39 is 35.0 Å². The number of rotatable bonds is 3. The number of anilines is 1. The van der Waals surface area contributed by atoms with Crippen LogP contribution in [0.3, 0.4) is 0 Å². The zero-order valence-corrected chi connectivity index (χ0v) is 15.7. The highest BCUT2D eigenvalue weighted by atomic mass is 19.2. The summed E-state index contributed by atoms with van der Waals surface area (Å²) in [4.78, 5) is 26.7. The average molecular weight is 390 g/mol. The van der Waals surface area contributed by atoms with Crippen LogP contribution in [0.2, 0.25) is 0 Å². The Bertz CT molecular complexity index is 922. The summed E-state index contributed by atoms with van der Waals surface area (Å²) in [6, 6.07) is 7.29. The predicted octanol–water partition coefficient (Wildman–Crippen LogP) is 4.21. The summed E-state index contributed by atoms with van der Waals surface area (Å²) in [5.74, 6) is -5.34. The number of hydrogen-bond acceptors (Lipinski definition) is 2. The number of nitrogens with zero attached hydrogens (tertiary/aromatic N) is 1. The molecule has 0 saturated carbocycles. The number of benzene rings is 2. The minimum absolute atomic E-state index is 0.0893. The lowest BCUT2D eigenvalue weighted by Crippen LogP contribution is -2.41. The van der Waals surface area contributed by atoms with Crippen LogP contribution in [-0.2, 0) is 4.79 Å². The van der Waals surface area contributed by atoms with Crippen molar-refractivity contribution in [2.45, 2.75) is 26.7 Å². The molecule has 28 heavy (non-hydrogen) atoms. The highest BCUT2D eigenvalue weighted by molar-refractivity contribution is 5.95. The maximum absolute atomic E-state index is 13.7. The molecule has 0 aliphatic carbocycles. The van der Waals surface area contributed by atoms with Gasteiger partial charge in [0.05, 0.1) is 5.69 Å². The number of amides is 2. The third-order valence-electron chi connectivity index (χ3n) is 5.20. The van der Waals surface area contributed by atoms with Gasteiger partial charge in [-0.3, -0.25) is 9.59 Å². The van der Waals surface area contributed by atoms with Gasteiger partial charge < -0.3 is 10.2 Å². The summed E-state index contributed by atoms with van der Waals surface area (Å²) < 4.78 is 40.0. The summed E-state index contributed by atoms with van der Waals surface area (Å²) in [5.41, 5.74) is 2.36. The minimum Gasteiger partial charge on any atom is -0.339 e. The largest absolute Gasteiger partial charge is 0.339 e. The normalized spacial score (nSPS) is 14.8. The number of aryl methyl sites for hydroxylation is 2. The van der Waals surface area contributed by atoms with Gasteiger partial charge in [0.1, 0.15) is 0 Å². The van der Waals surface area contributed by atoms with Crippen molar-refractivity contribution >= 4 is 17.5 Å². The molecule has 2 amide bonds. The summed E-state index contributed by atoms with van der Waals surface area (Å²) >= 11 is 0. The van der Waals surface area contributed by atoms with Crippen molar-refractivity contribution in [2.75, 3.05) is 18.4 Å². The van der Waals surface area contributed by atoms with Gasteiger partial charge in [0.25, 0.3) is 5.91 Å². The predicted molar refractivity (Wildman–Crippen MR) is 99.5 cm³/mol. The molecular weight excluding hydrogens is 369 g/mol. The standard InChI is InChI=1S/C21H21F3N2O2/c1-12-3-4-15(11-13(12)2)21(28)26-9-7-14(8-10-26)20(27)25-17-6-5-16(22)18(23)19(17)24/h3-6,11,14H,7-10H2,1-2H3,(H,25,27). The van der Waals surface area contributed by atoms with Crippen LogP contribution in [0.4, 0.5) is 18.9 Å². The second-order valence-electron chi connectivity index (χ2n) is 7.08. The molecule has 0 radical (unpaired) electrons. The molecule has 7 heteroatoms. The van der Waals surface area contributed by atoms with E-state index in [1.54, 1.807) is 11.0 Å². The van der Waals surface area contributed by atoms with Crippen molar-refractivity contribution in [3.05, 3.63) is 64.5 Å². The molecule has 0 unspecified atom stereocenters.